The normalized spacial score (nSPS) is 16.6. The highest BCUT2D eigenvalue weighted by molar-refractivity contribution is 7.14. The molecule has 29 heavy (non-hydrogen) atoms. The Morgan fingerprint density at radius 3 is 2.31 bits per heavy atom. The van der Waals surface area contributed by atoms with Gasteiger partial charge in [0.25, 0.3) is 5.91 Å². The van der Waals surface area contributed by atoms with Gasteiger partial charge in [-0.1, -0.05) is 0 Å². The van der Waals surface area contributed by atoms with Crippen LogP contribution in [0.4, 0.5) is 0 Å². The van der Waals surface area contributed by atoms with Gasteiger partial charge < -0.3 is 10.0 Å². The lowest BCUT2D eigenvalue weighted by Crippen LogP contribution is -2.30. The zero-order valence-corrected chi connectivity index (χ0v) is 16.7. The van der Waals surface area contributed by atoms with Crippen molar-refractivity contribution in [3.63, 3.8) is 0 Å². The molecule has 1 amide bonds. The number of hydrogen-bond donors (Lipinski definition) is 1. The number of aliphatic hydroxyl groups is 1. The van der Waals surface area contributed by atoms with Crippen LogP contribution in [-0.2, 0) is 11.3 Å². The first-order valence-corrected chi connectivity index (χ1v) is 9.80. The Kier molecular flexibility index (Phi) is 4.94. The zero-order valence-electron chi connectivity index (χ0n) is 15.9. The smallest absolute Gasteiger partial charge is 0.290 e. The molecule has 0 saturated heterocycles. The first kappa shape index (κ1) is 18.9. The number of rotatable bonds is 5. The molecule has 4 heterocycles. The van der Waals surface area contributed by atoms with Gasteiger partial charge in [0.1, 0.15) is 0 Å². The Bertz CT molecular complexity index is 1110. The van der Waals surface area contributed by atoms with Crippen LogP contribution in [0.25, 0.3) is 0 Å². The highest BCUT2D eigenvalue weighted by atomic mass is 32.1. The Hall–Kier alpha value is -3.39. The van der Waals surface area contributed by atoms with Crippen molar-refractivity contribution in [3.05, 3.63) is 87.1 Å². The van der Waals surface area contributed by atoms with E-state index < -0.39 is 17.7 Å². The van der Waals surface area contributed by atoms with Crippen molar-refractivity contribution in [2.45, 2.75) is 26.4 Å². The second kappa shape index (κ2) is 7.56. The molecule has 0 aliphatic carbocycles. The van der Waals surface area contributed by atoms with Gasteiger partial charge in [0.15, 0.2) is 5.76 Å². The third kappa shape index (κ3) is 3.42. The molecule has 1 aliphatic heterocycles. The van der Waals surface area contributed by atoms with Crippen molar-refractivity contribution >= 4 is 23.0 Å². The predicted molar refractivity (Wildman–Crippen MR) is 107 cm³/mol. The maximum absolute atomic E-state index is 13.4. The molecule has 7 nitrogen and oxygen atoms in total. The van der Waals surface area contributed by atoms with Crippen LogP contribution in [0, 0.1) is 13.8 Å². The lowest BCUT2D eigenvalue weighted by atomic mass is 9.95. The van der Waals surface area contributed by atoms with E-state index in [1.54, 1.807) is 56.0 Å². The molecule has 0 saturated carbocycles. The average Bonchev–Trinajstić information content (AvgIpc) is 3.19. The minimum Gasteiger partial charge on any atom is -0.503 e. The zero-order chi connectivity index (χ0) is 20.5. The Morgan fingerprint density at radius 1 is 1.10 bits per heavy atom. The van der Waals surface area contributed by atoms with Crippen LogP contribution in [0.2, 0.25) is 0 Å². The second-order valence-corrected chi connectivity index (χ2v) is 7.91. The number of carbonyl (C=O) groups excluding carboxylic acids is 2. The summed E-state index contributed by atoms with van der Waals surface area (Å²) in [6.07, 6.45) is 6.48. The second-order valence-electron chi connectivity index (χ2n) is 6.71. The van der Waals surface area contributed by atoms with Crippen LogP contribution in [0.5, 0.6) is 0 Å². The van der Waals surface area contributed by atoms with Gasteiger partial charge in [-0.3, -0.25) is 19.6 Å². The maximum atomic E-state index is 13.4. The minimum absolute atomic E-state index is 0.0713. The summed E-state index contributed by atoms with van der Waals surface area (Å²) in [5.41, 5.74) is 2.21. The molecule has 1 N–H and O–H groups in total. The number of pyridine rings is 2. The Balaban J connectivity index is 1.81. The summed E-state index contributed by atoms with van der Waals surface area (Å²) in [6, 6.07) is 6.37. The van der Waals surface area contributed by atoms with Crippen molar-refractivity contribution in [2.24, 2.45) is 0 Å². The molecule has 0 radical (unpaired) electrons. The van der Waals surface area contributed by atoms with E-state index in [2.05, 4.69) is 15.0 Å². The van der Waals surface area contributed by atoms with E-state index in [1.165, 1.54) is 16.2 Å². The number of aromatic nitrogens is 3. The number of aryl methyl sites for hydroxylation is 2. The van der Waals surface area contributed by atoms with E-state index in [-0.39, 0.29) is 17.9 Å². The van der Waals surface area contributed by atoms with E-state index in [1.807, 2.05) is 6.92 Å². The van der Waals surface area contributed by atoms with E-state index >= 15 is 0 Å². The van der Waals surface area contributed by atoms with E-state index in [0.717, 1.165) is 10.6 Å². The topological polar surface area (TPSA) is 96.3 Å². The van der Waals surface area contributed by atoms with Crippen molar-refractivity contribution in [1.29, 1.82) is 0 Å². The van der Waals surface area contributed by atoms with Crippen molar-refractivity contribution in [3.8, 4) is 0 Å². The van der Waals surface area contributed by atoms with Gasteiger partial charge in [0.05, 0.1) is 27.2 Å². The van der Waals surface area contributed by atoms with E-state index in [4.69, 9.17) is 0 Å². The molecule has 146 valence electrons. The summed E-state index contributed by atoms with van der Waals surface area (Å²) >= 11 is 1.26. The quantitative estimate of drug-likeness (QED) is 0.653. The van der Waals surface area contributed by atoms with Crippen molar-refractivity contribution in [2.75, 3.05) is 0 Å². The third-order valence-corrected chi connectivity index (χ3v) is 5.85. The summed E-state index contributed by atoms with van der Waals surface area (Å²) in [5, 5.41) is 11.4. The van der Waals surface area contributed by atoms with Crippen LogP contribution >= 0.6 is 11.3 Å². The number of thiazole rings is 1. The molecular weight excluding hydrogens is 388 g/mol. The van der Waals surface area contributed by atoms with Crippen LogP contribution in [0.1, 0.15) is 37.5 Å². The number of nitrogens with zero attached hydrogens (tertiary/aromatic N) is 4. The number of aliphatic hydroxyl groups excluding tert-OH is 1. The number of hydrogen-bond acceptors (Lipinski definition) is 7. The minimum atomic E-state index is -0.715. The van der Waals surface area contributed by atoms with Crippen molar-refractivity contribution in [1.82, 2.24) is 19.9 Å². The molecule has 0 spiro atoms. The number of Topliss-reactive ketones (excluding diaryl/α,β-unsaturated/α-hetero) is 1. The lowest BCUT2D eigenvalue weighted by molar-refractivity contribution is -0.130. The Morgan fingerprint density at radius 2 is 1.72 bits per heavy atom. The van der Waals surface area contributed by atoms with Gasteiger partial charge in [-0.05, 0) is 49.2 Å². The fraction of sp³-hybridized carbons (Fsp3) is 0.190. The lowest BCUT2D eigenvalue weighted by Gasteiger charge is -2.26. The summed E-state index contributed by atoms with van der Waals surface area (Å²) in [7, 11) is 0. The number of ketones is 1. The predicted octanol–water partition coefficient (Wildman–Crippen LogP) is 3.33. The van der Waals surface area contributed by atoms with Crippen molar-refractivity contribution < 1.29 is 14.7 Å². The molecule has 1 aliphatic rings. The molecule has 8 heteroatoms. The van der Waals surface area contributed by atoms with Gasteiger partial charge >= 0.3 is 0 Å². The molecule has 3 aromatic heterocycles. The molecule has 0 bridgehead atoms. The molecule has 4 rings (SSSR count). The standard InChI is InChI=1S/C21H18N4O3S/c1-12-20(29-13(2)24-12)18(26)16-17(15-5-9-23-10-6-15)25(21(28)19(16)27)11-14-3-7-22-8-4-14/h3-10,17,27H,11H2,1-2H3. The van der Waals surface area contributed by atoms with Gasteiger partial charge in [-0.15, -0.1) is 11.3 Å². The largest absolute Gasteiger partial charge is 0.503 e. The SMILES string of the molecule is Cc1nc(C)c(C(=O)C2=C(O)C(=O)N(Cc3ccncc3)C2c2ccncc2)s1. The maximum Gasteiger partial charge on any atom is 0.290 e. The monoisotopic (exact) mass is 406 g/mol. The van der Waals surface area contributed by atoms with E-state index in [9.17, 15) is 14.7 Å². The molecular formula is C21H18N4O3S. The number of amides is 1. The van der Waals surface area contributed by atoms with Crippen LogP contribution in [-0.4, -0.2) is 36.6 Å². The summed E-state index contributed by atoms with van der Waals surface area (Å²) < 4.78 is 0. The average molecular weight is 406 g/mol. The highest BCUT2D eigenvalue weighted by Gasteiger charge is 2.44. The van der Waals surface area contributed by atoms with Gasteiger partial charge in [-0.25, -0.2) is 4.98 Å². The first-order chi connectivity index (χ1) is 14.0. The molecule has 0 aromatic carbocycles. The van der Waals surface area contributed by atoms with E-state index in [0.29, 0.717) is 16.1 Å². The molecule has 1 unspecified atom stereocenters. The Labute approximate surface area is 171 Å². The van der Waals surface area contributed by atoms with Gasteiger partial charge in [0, 0.05) is 31.3 Å². The highest BCUT2D eigenvalue weighted by Crippen LogP contribution is 2.40. The molecule has 1 atom stereocenters. The van der Waals surface area contributed by atoms with Crippen LogP contribution in [0.3, 0.4) is 0 Å². The summed E-state index contributed by atoms with van der Waals surface area (Å²) in [4.78, 5) is 40.6. The first-order valence-electron chi connectivity index (χ1n) is 8.99. The third-order valence-electron chi connectivity index (χ3n) is 4.78. The fourth-order valence-corrected chi connectivity index (χ4v) is 4.36. The van der Waals surface area contributed by atoms with Crippen LogP contribution < -0.4 is 0 Å². The molecule has 3 aromatic rings. The summed E-state index contributed by atoms with van der Waals surface area (Å²) in [6.45, 7) is 3.80. The van der Waals surface area contributed by atoms with Gasteiger partial charge in [-0.2, -0.15) is 0 Å². The van der Waals surface area contributed by atoms with Gasteiger partial charge in [0.2, 0.25) is 5.78 Å². The number of carbonyl (C=O) groups is 2. The fourth-order valence-electron chi connectivity index (χ4n) is 3.49. The molecule has 0 fully saturated rings. The summed E-state index contributed by atoms with van der Waals surface area (Å²) in [5.74, 6) is -1.47. The van der Waals surface area contributed by atoms with Crippen LogP contribution in [0.15, 0.2) is 60.4 Å².